The zero-order chi connectivity index (χ0) is 35.4. The molecule has 0 aromatic heterocycles. The van der Waals surface area contributed by atoms with Gasteiger partial charge in [0.15, 0.2) is 0 Å². The maximum absolute atomic E-state index is 13.3. The van der Waals surface area contributed by atoms with Crippen LogP contribution in [0.5, 0.6) is 0 Å². The van der Waals surface area contributed by atoms with E-state index in [4.69, 9.17) is 13.6 Å². The number of benzene rings is 2. The largest absolute Gasteiger partial charge is 0.480 e. The fourth-order valence-corrected chi connectivity index (χ4v) is 6.10. The fourth-order valence-electron chi connectivity index (χ4n) is 5.10. The summed E-state index contributed by atoms with van der Waals surface area (Å²) in [5, 5.41) is 28.9. The van der Waals surface area contributed by atoms with Gasteiger partial charge in [-0.15, -0.1) is 0 Å². The standard InChI is InChI=1S/C32H44N3O12P/c1-45-48(44,46-18-8-13-26-9-4-2-5-10-26)47-25-29(35(23-31(40)41)24-32(42)43)21-33(22-30(38)39)20-28(34(14-16-36)15-17-37)19-27-11-6-3-7-12-27/h2-7,9-12,16-17,28-29H,8,13-15,18-25H2,1H3,(H,38,39)(H,40,41)(H,42,43). The summed E-state index contributed by atoms with van der Waals surface area (Å²) in [5.41, 5.74) is 1.89. The number of aliphatic carboxylic acids is 3. The Morgan fingerprint density at radius 2 is 1.27 bits per heavy atom. The number of carbonyl (C=O) groups is 5. The molecule has 0 saturated carbocycles. The molecule has 2 aromatic rings. The average Bonchev–Trinajstić information content (AvgIpc) is 3.04. The Morgan fingerprint density at radius 1 is 0.750 bits per heavy atom. The highest BCUT2D eigenvalue weighted by Gasteiger charge is 2.33. The Hall–Kier alpha value is -3.82. The summed E-state index contributed by atoms with van der Waals surface area (Å²) in [4.78, 5) is 62.6. The van der Waals surface area contributed by atoms with Crippen LogP contribution in [-0.4, -0.2) is 139 Å². The molecule has 0 aliphatic carbocycles. The molecule has 0 bridgehead atoms. The third-order valence-electron chi connectivity index (χ3n) is 7.29. The van der Waals surface area contributed by atoms with Crippen molar-refractivity contribution in [3.63, 3.8) is 0 Å². The van der Waals surface area contributed by atoms with Crippen LogP contribution in [0, 0.1) is 0 Å². The molecule has 15 nitrogen and oxygen atoms in total. The minimum Gasteiger partial charge on any atom is -0.480 e. The smallest absolute Gasteiger partial charge is 0.474 e. The van der Waals surface area contributed by atoms with E-state index in [1.54, 1.807) is 4.90 Å². The van der Waals surface area contributed by atoms with Gasteiger partial charge in [-0.05, 0) is 30.4 Å². The first-order valence-electron chi connectivity index (χ1n) is 15.2. The molecule has 2 aromatic carbocycles. The Morgan fingerprint density at radius 3 is 1.77 bits per heavy atom. The third-order valence-corrected chi connectivity index (χ3v) is 8.70. The van der Waals surface area contributed by atoms with Crippen LogP contribution < -0.4 is 0 Å². The SMILES string of the molecule is COP(=O)(OCCCc1ccccc1)OCC(CN(CC(=O)O)CC(Cc1ccccc1)N(CC=O)CC=O)N(CC(=O)O)CC(=O)O. The number of carbonyl (C=O) groups excluding carboxylic acids is 2. The molecule has 16 heteroatoms. The number of carboxylic acid groups (broad SMARTS) is 3. The molecule has 2 rings (SSSR count). The second kappa shape index (κ2) is 21.9. The quantitative estimate of drug-likeness (QED) is 0.0696. The van der Waals surface area contributed by atoms with Gasteiger partial charge >= 0.3 is 25.7 Å². The van der Waals surface area contributed by atoms with Crippen LogP contribution in [0.25, 0.3) is 0 Å². The molecule has 0 heterocycles. The summed E-state index contributed by atoms with van der Waals surface area (Å²) < 4.78 is 29.4. The topological polar surface area (TPSA) is 201 Å². The molecule has 0 spiro atoms. The first-order valence-corrected chi connectivity index (χ1v) is 16.7. The highest BCUT2D eigenvalue weighted by molar-refractivity contribution is 7.48. The summed E-state index contributed by atoms with van der Waals surface area (Å²) in [5.74, 6) is -3.95. The van der Waals surface area contributed by atoms with Crippen molar-refractivity contribution in [1.29, 1.82) is 0 Å². The maximum Gasteiger partial charge on any atom is 0.474 e. The lowest BCUT2D eigenvalue weighted by molar-refractivity contribution is -0.145. The van der Waals surface area contributed by atoms with Gasteiger partial charge in [-0.1, -0.05) is 60.7 Å². The molecular weight excluding hydrogens is 649 g/mol. The van der Waals surface area contributed by atoms with Gasteiger partial charge in [0.05, 0.1) is 45.9 Å². The average molecular weight is 694 g/mol. The summed E-state index contributed by atoms with van der Waals surface area (Å²) in [6.45, 7) is -3.15. The molecule has 0 amide bonds. The van der Waals surface area contributed by atoms with Gasteiger partial charge in [0.1, 0.15) is 12.6 Å². The first-order chi connectivity index (χ1) is 23.0. The lowest BCUT2D eigenvalue weighted by Gasteiger charge is -2.37. The van der Waals surface area contributed by atoms with Crippen molar-refractivity contribution in [2.24, 2.45) is 0 Å². The van der Waals surface area contributed by atoms with Crippen molar-refractivity contribution < 1.29 is 57.4 Å². The number of phosphoric ester groups is 1. The van der Waals surface area contributed by atoms with E-state index in [0.29, 0.717) is 31.8 Å². The summed E-state index contributed by atoms with van der Waals surface area (Å²) in [6, 6.07) is 17.0. The number of hydrogen-bond donors (Lipinski definition) is 3. The van der Waals surface area contributed by atoms with E-state index in [1.807, 2.05) is 60.7 Å². The molecule has 0 aliphatic rings. The molecule has 0 radical (unpaired) electrons. The summed E-state index contributed by atoms with van der Waals surface area (Å²) in [7, 11) is -3.09. The molecular formula is C32H44N3O12P. The van der Waals surface area contributed by atoms with Crippen LogP contribution in [0.15, 0.2) is 60.7 Å². The third kappa shape index (κ3) is 15.8. The normalized spacial score (nSPS) is 14.0. The zero-order valence-corrected chi connectivity index (χ0v) is 27.8. The predicted octanol–water partition coefficient (Wildman–Crippen LogP) is 1.94. The Balaban J connectivity index is 2.34. The van der Waals surface area contributed by atoms with E-state index >= 15 is 0 Å². The van der Waals surface area contributed by atoms with Crippen molar-refractivity contribution in [2.45, 2.75) is 31.3 Å². The molecule has 264 valence electrons. The molecule has 3 N–H and O–H groups in total. The molecule has 3 unspecified atom stereocenters. The molecule has 0 aliphatic heterocycles. The first kappa shape index (κ1) is 40.4. The Labute approximate surface area is 279 Å². The van der Waals surface area contributed by atoms with Gasteiger partial charge in [0, 0.05) is 32.3 Å². The van der Waals surface area contributed by atoms with Gasteiger partial charge in [0.25, 0.3) is 0 Å². The summed E-state index contributed by atoms with van der Waals surface area (Å²) in [6.07, 6.45) is 2.68. The number of aldehydes is 2. The highest BCUT2D eigenvalue weighted by atomic mass is 31.2. The van der Waals surface area contributed by atoms with Gasteiger partial charge in [-0.3, -0.25) is 42.7 Å². The van der Waals surface area contributed by atoms with Crippen LogP contribution in [-0.2, 0) is 55.0 Å². The van der Waals surface area contributed by atoms with Crippen molar-refractivity contribution in [3.05, 3.63) is 71.8 Å². The van der Waals surface area contributed by atoms with E-state index < -0.39 is 64.1 Å². The Kier molecular flexibility index (Phi) is 18.4. The van der Waals surface area contributed by atoms with Crippen LogP contribution in [0.3, 0.4) is 0 Å². The molecule has 0 fully saturated rings. The van der Waals surface area contributed by atoms with Crippen molar-refractivity contribution in [2.75, 3.05) is 66.1 Å². The lowest BCUT2D eigenvalue weighted by Crippen LogP contribution is -2.54. The number of aryl methyl sites for hydroxylation is 1. The molecule has 3 atom stereocenters. The predicted molar refractivity (Wildman–Crippen MR) is 174 cm³/mol. The van der Waals surface area contributed by atoms with E-state index in [2.05, 4.69) is 0 Å². The summed E-state index contributed by atoms with van der Waals surface area (Å²) >= 11 is 0. The van der Waals surface area contributed by atoms with Crippen LogP contribution in [0.1, 0.15) is 17.5 Å². The minimum absolute atomic E-state index is 0.00571. The van der Waals surface area contributed by atoms with Gasteiger partial charge in [0.2, 0.25) is 0 Å². The number of rotatable bonds is 27. The van der Waals surface area contributed by atoms with Crippen LogP contribution >= 0.6 is 7.82 Å². The monoisotopic (exact) mass is 693 g/mol. The second-order valence-electron chi connectivity index (χ2n) is 10.9. The highest BCUT2D eigenvalue weighted by Crippen LogP contribution is 2.48. The molecule has 0 saturated heterocycles. The number of hydrogen-bond acceptors (Lipinski definition) is 12. The molecule has 48 heavy (non-hydrogen) atoms. The van der Waals surface area contributed by atoms with E-state index in [0.717, 1.165) is 23.1 Å². The second-order valence-corrected chi connectivity index (χ2v) is 12.7. The fraction of sp³-hybridized carbons (Fsp3) is 0.469. The van der Waals surface area contributed by atoms with E-state index in [-0.39, 0.29) is 32.8 Å². The van der Waals surface area contributed by atoms with E-state index in [1.165, 1.54) is 4.90 Å². The van der Waals surface area contributed by atoms with Gasteiger partial charge < -0.3 is 24.9 Å². The van der Waals surface area contributed by atoms with Crippen LogP contribution in [0.4, 0.5) is 0 Å². The maximum atomic E-state index is 13.3. The number of phosphoric acid groups is 1. The van der Waals surface area contributed by atoms with Crippen LogP contribution in [0.2, 0.25) is 0 Å². The zero-order valence-electron chi connectivity index (χ0n) is 26.9. The van der Waals surface area contributed by atoms with Crippen molar-refractivity contribution >= 4 is 38.3 Å². The van der Waals surface area contributed by atoms with Crippen molar-refractivity contribution in [3.8, 4) is 0 Å². The lowest BCUT2D eigenvalue weighted by atomic mass is 10.0. The van der Waals surface area contributed by atoms with Gasteiger partial charge in [-0.25, -0.2) is 4.57 Å². The number of carboxylic acids is 3. The van der Waals surface area contributed by atoms with E-state index in [9.17, 15) is 43.9 Å². The minimum atomic E-state index is -4.20. The van der Waals surface area contributed by atoms with Gasteiger partial charge in [-0.2, -0.15) is 0 Å². The van der Waals surface area contributed by atoms with Crippen molar-refractivity contribution in [1.82, 2.24) is 14.7 Å². The number of nitrogens with zero attached hydrogens (tertiary/aromatic N) is 3. The Bertz CT molecular complexity index is 1310.